The molecule has 0 radical (unpaired) electrons. The van der Waals surface area contributed by atoms with Crippen molar-refractivity contribution in [3.63, 3.8) is 0 Å². The first-order chi connectivity index (χ1) is 22.6. The molecule has 1 fully saturated rings. The summed E-state index contributed by atoms with van der Waals surface area (Å²) >= 11 is 0. The number of sulfonamides is 1. The van der Waals surface area contributed by atoms with Crippen LogP contribution >= 0.6 is 0 Å². The van der Waals surface area contributed by atoms with Gasteiger partial charge < -0.3 is 20.3 Å². The van der Waals surface area contributed by atoms with E-state index >= 15 is 0 Å². The van der Waals surface area contributed by atoms with Crippen molar-refractivity contribution in [2.45, 2.75) is 64.3 Å². The van der Waals surface area contributed by atoms with Crippen molar-refractivity contribution in [2.75, 3.05) is 17.6 Å². The van der Waals surface area contributed by atoms with Crippen molar-refractivity contribution in [1.29, 1.82) is 0 Å². The molecule has 248 valence electrons. The molecule has 3 aromatic heterocycles. The number of fused-ring (bicyclic) bond motifs is 1. The summed E-state index contributed by atoms with van der Waals surface area (Å²) in [4.78, 5) is 15.2. The van der Waals surface area contributed by atoms with E-state index in [0.29, 0.717) is 24.4 Å². The Morgan fingerprint density at radius 3 is 2.28 bits per heavy atom. The molecule has 0 bridgehead atoms. The molecule has 0 aliphatic carbocycles. The van der Waals surface area contributed by atoms with Crippen molar-refractivity contribution in [2.24, 2.45) is 5.92 Å². The number of aliphatic hydroxyl groups excluding tert-OH is 2. The summed E-state index contributed by atoms with van der Waals surface area (Å²) < 4.78 is 35.6. The number of aliphatic hydroxyl groups is 2. The smallest absolute Gasteiger partial charge is 0.212 e. The maximum Gasteiger partial charge on any atom is 0.212 e. The number of aryl methyl sites for hydroxylation is 1. The molecule has 4 atom stereocenters. The van der Waals surface area contributed by atoms with Gasteiger partial charge in [0.15, 0.2) is 29.3 Å². The van der Waals surface area contributed by atoms with E-state index in [0.717, 1.165) is 11.1 Å². The maximum absolute atomic E-state index is 12.7. The Hall–Kier alpha value is -4.35. The van der Waals surface area contributed by atoms with E-state index in [-0.39, 0.29) is 41.4 Å². The highest BCUT2D eigenvalue weighted by molar-refractivity contribution is 7.89. The second kappa shape index (κ2) is 13.8. The van der Waals surface area contributed by atoms with Crippen LogP contribution in [0, 0.1) is 5.92 Å². The third kappa shape index (κ3) is 7.16. The standard InChI is InChI=1S/C31H38N10O5S/c1-4-41-38-29(37-39-41)27-25(42)26(43)31(46-27)40-18-33-24-28(35-23(36-30(24)40)16-34-47(44,45)17-19(2)3)32-15-22(20-11-7-5-8-12-20)21-13-9-6-10-14-21/h5-14,18-19,22,25-27,31,34,42-43H,4,15-17H2,1-3H3,(H,32,35,36). The SMILES string of the molecule is CCn1nnc(C2OC(n3cnc4c(NCC(c5ccccc5)c5ccccc5)nc(CNS(=O)(=O)CC(C)C)nc43)C(O)C2O)n1. The molecule has 0 spiro atoms. The van der Waals surface area contributed by atoms with Crippen LogP contribution < -0.4 is 10.0 Å². The lowest BCUT2D eigenvalue weighted by Crippen LogP contribution is -2.30. The molecule has 1 aliphatic rings. The number of anilines is 1. The number of hydrogen-bond donors (Lipinski definition) is 4. The van der Waals surface area contributed by atoms with Gasteiger partial charge in [-0.1, -0.05) is 74.5 Å². The maximum atomic E-state index is 12.7. The van der Waals surface area contributed by atoms with Crippen LogP contribution in [0.3, 0.4) is 0 Å². The molecule has 0 amide bonds. The number of ether oxygens (including phenoxy) is 1. The van der Waals surface area contributed by atoms with Crippen molar-refractivity contribution < 1.29 is 23.4 Å². The van der Waals surface area contributed by atoms with Crippen molar-refractivity contribution in [1.82, 2.24) is 44.4 Å². The minimum absolute atomic E-state index is 0.0441. The number of nitrogens with zero attached hydrogens (tertiary/aromatic N) is 8. The van der Waals surface area contributed by atoms with Crippen LogP contribution in [0.5, 0.6) is 0 Å². The summed E-state index contributed by atoms with van der Waals surface area (Å²) in [5.74, 6) is 0.527. The zero-order valence-corrected chi connectivity index (χ0v) is 27.1. The van der Waals surface area contributed by atoms with Crippen molar-refractivity contribution in [3.8, 4) is 0 Å². The molecule has 1 saturated heterocycles. The number of aromatic nitrogens is 8. The molecule has 16 heteroatoms. The lowest BCUT2D eigenvalue weighted by Gasteiger charge is -2.20. The second-order valence-corrected chi connectivity index (χ2v) is 13.7. The highest BCUT2D eigenvalue weighted by atomic mass is 32.2. The van der Waals surface area contributed by atoms with Crippen LogP contribution in [0.25, 0.3) is 11.2 Å². The van der Waals surface area contributed by atoms with Crippen LogP contribution in [0.2, 0.25) is 0 Å². The summed E-state index contributed by atoms with van der Waals surface area (Å²) in [5, 5.41) is 37.6. The second-order valence-electron chi connectivity index (χ2n) is 11.8. The third-order valence-corrected chi connectivity index (χ3v) is 9.56. The van der Waals surface area contributed by atoms with Gasteiger partial charge in [-0.05, 0) is 29.2 Å². The summed E-state index contributed by atoms with van der Waals surface area (Å²) in [6.07, 6.45) is -3.45. The summed E-state index contributed by atoms with van der Waals surface area (Å²) in [6, 6.07) is 20.1. The lowest BCUT2D eigenvalue weighted by atomic mass is 9.91. The van der Waals surface area contributed by atoms with E-state index < -0.39 is 34.6 Å². The number of benzene rings is 2. The number of tetrazole rings is 1. The Labute approximate surface area is 272 Å². The predicted molar refractivity (Wildman–Crippen MR) is 172 cm³/mol. The van der Waals surface area contributed by atoms with Gasteiger partial charge in [-0.25, -0.2) is 28.1 Å². The largest absolute Gasteiger partial charge is 0.387 e. The number of nitrogens with one attached hydrogen (secondary N) is 2. The molecule has 1 aliphatic heterocycles. The van der Waals surface area contributed by atoms with Gasteiger partial charge in [-0.3, -0.25) is 4.57 Å². The Bertz CT molecular complexity index is 1860. The molecule has 4 unspecified atom stereocenters. The fourth-order valence-electron chi connectivity index (χ4n) is 5.63. The van der Waals surface area contributed by atoms with Gasteiger partial charge >= 0.3 is 0 Å². The van der Waals surface area contributed by atoms with Gasteiger partial charge in [0.05, 0.1) is 25.2 Å². The molecular formula is C31H38N10O5S. The average Bonchev–Trinajstić information content (AvgIpc) is 3.78. The molecule has 47 heavy (non-hydrogen) atoms. The van der Waals surface area contributed by atoms with E-state index in [9.17, 15) is 18.6 Å². The minimum Gasteiger partial charge on any atom is -0.387 e. The highest BCUT2D eigenvalue weighted by Gasteiger charge is 2.47. The Balaban J connectivity index is 1.35. The fraction of sp³-hybridized carbons (Fsp3) is 0.419. The topological polar surface area (TPSA) is 195 Å². The zero-order chi connectivity index (χ0) is 33.1. The number of hydrogen-bond acceptors (Lipinski definition) is 12. The number of imidazole rings is 1. The van der Waals surface area contributed by atoms with Crippen LogP contribution in [0.4, 0.5) is 5.82 Å². The molecule has 5 aromatic rings. The quantitative estimate of drug-likeness (QED) is 0.144. The molecule has 0 saturated carbocycles. The first-order valence-electron chi connectivity index (χ1n) is 15.5. The minimum atomic E-state index is -3.60. The Morgan fingerprint density at radius 1 is 0.979 bits per heavy atom. The zero-order valence-electron chi connectivity index (χ0n) is 26.2. The molecular weight excluding hydrogens is 624 g/mol. The Kier molecular flexibility index (Phi) is 9.56. The normalized spacial score (nSPS) is 20.1. The summed E-state index contributed by atoms with van der Waals surface area (Å²) in [5.41, 5.74) is 2.85. The van der Waals surface area contributed by atoms with Crippen LogP contribution in [0.1, 0.15) is 61.8 Å². The van der Waals surface area contributed by atoms with Crippen molar-refractivity contribution in [3.05, 3.63) is 89.8 Å². The van der Waals surface area contributed by atoms with Gasteiger partial charge in [0, 0.05) is 12.5 Å². The van der Waals surface area contributed by atoms with Crippen LogP contribution in [-0.4, -0.2) is 82.9 Å². The Morgan fingerprint density at radius 2 is 1.66 bits per heavy atom. The lowest BCUT2D eigenvalue weighted by molar-refractivity contribution is -0.0384. The molecule has 15 nitrogen and oxygen atoms in total. The first-order valence-corrected chi connectivity index (χ1v) is 17.1. The van der Waals surface area contributed by atoms with Crippen LogP contribution in [0.15, 0.2) is 67.0 Å². The molecule has 2 aromatic carbocycles. The average molecular weight is 663 g/mol. The summed E-state index contributed by atoms with van der Waals surface area (Å²) in [7, 11) is -3.60. The predicted octanol–water partition coefficient (Wildman–Crippen LogP) is 2.14. The molecule has 4 heterocycles. The van der Waals surface area contributed by atoms with Gasteiger partial charge in [0.1, 0.15) is 18.0 Å². The van der Waals surface area contributed by atoms with E-state index in [4.69, 9.17) is 4.74 Å². The van der Waals surface area contributed by atoms with E-state index in [1.807, 2.05) is 57.2 Å². The van der Waals surface area contributed by atoms with Gasteiger partial charge in [-0.2, -0.15) is 4.80 Å². The third-order valence-electron chi connectivity index (χ3n) is 7.87. The highest BCUT2D eigenvalue weighted by Crippen LogP contribution is 2.39. The van der Waals surface area contributed by atoms with Gasteiger partial charge in [0.2, 0.25) is 15.8 Å². The molecule has 4 N–H and O–H groups in total. The van der Waals surface area contributed by atoms with Crippen molar-refractivity contribution >= 4 is 27.0 Å². The van der Waals surface area contributed by atoms with E-state index in [1.54, 1.807) is 0 Å². The molecule has 6 rings (SSSR count). The number of rotatable bonds is 13. The first kappa shape index (κ1) is 32.6. The fourth-order valence-corrected chi connectivity index (χ4v) is 6.97. The van der Waals surface area contributed by atoms with E-state index in [1.165, 1.54) is 15.7 Å². The van der Waals surface area contributed by atoms with Gasteiger partial charge in [0.25, 0.3) is 0 Å². The monoisotopic (exact) mass is 662 g/mol. The van der Waals surface area contributed by atoms with Crippen LogP contribution in [-0.2, 0) is 27.8 Å². The van der Waals surface area contributed by atoms with E-state index in [2.05, 4.69) is 64.7 Å². The summed E-state index contributed by atoms with van der Waals surface area (Å²) in [6.45, 7) is 6.24. The van der Waals surface area contributed by atoms with Gasteiger partial charge in [-0.15, -0.1) is 10.2 Å².